The summed E-state index contributed by atoms with van der Waals surface area (Å²) in [7, 11) is 4.69. The minimum Gasteiger partial charge on any atom is -0.497 e. The van der Waals surface area contributed by atoms with Crippen molar-refractivity contribution in [1.29, 1.82) is 0 Å². The van der Waals surface area contributed by atoms with Crippen LogP contribution in [-0.4, -0.2) is 144 Å². The van der Waals surface area contributed by atoms with Crippen LogP contribution in [0.4, 0.5) is 0 Å². The van der Waals surface area contributed by atoms with E-state index in [0.717, 1.165) is 16.7 Å². The summed E-state index contributed by atoms with van der Waals surface area (Å²) in [5, 5.41) is 0. The summed E-state index contributed by atoms with van der Waals surface area (Å²) in [6.07, 6.45) is 2.87. The van der Waals surface area contributed by atoms with Crippen molar-refractivity contribution in [2.75, 3.05) is 60.6 Å². The van der Waals surface area contributed by atoms with Crippen LogP contribution >= 0.6 is 0 Å². The van der Waals surface area contributed by atoms with E-state index in [9.17, 15) is 28.8 Å². The first kappa shape index (κ1) is 42.0. The maximum atomic E-state index is 14.7. The number of hydrogen-bond donors (Lipinski definition) is 0. The number of nitrogens with zero attached hydrogens (tertiary/aromatic N) is 6. The Morgan fingerprint density at radius 3 is 0.900 bits per heavy atom. The molecule has 0 aliphatic carbocycles. The van der Waals surface area contributed by atoms with Crippen molar-refractivity contribution in [3.63, 3.8) is 0 Å². The van der Waals surface area contributed by atoms with E-state index in [1.165, 1.54) is 29.4 Å². The normalized spacial score (nSPS) is 22.1. The number of carbonyl (C=O) groups is 6. The molecule has 3 aromatic rings. The number of ether oxygens (including phenoxy) is 3. The van der Waals surface area contributed by atoms with Crippen LogP contribution in [0.15, 0.2) is 72.8 Å². The molecule has 4 heterocycles. The molecule has 0 aromatic heterocycles. The molecule has 4 aliphatic heterocycles. The molecule has 0 radical (unpaired) electrons. The molecule has 7 rings (SSSR count). The summed E-state index contributed by atoms with van der Waals surface area (Å²) in [5.74, 6) is -0.402. The average molecular weight is 823 g/mol. The Hall–Kier alpha value is -6.12. The van der Waals surface area contributed by atoms with Gasteiger partial charge in [-0.2, -0.15) is 0 Å². The van der Waals surface area contributed by atoms with E-state index >= 15 is 0 Å². The molecule has 6 amide bonds. The van der Waals surface area contributed by atoms with Crippen LogP contribution in [0.25, 0.3) is 0 Å². The van der Waals surface area contributed by atoms with Gasteiger partial charge in [-0.25, -0.2) is 0 Å². The zero-order valence-electron chi connectivity index (χ0n) is 34.6. The molecule has 0 bridgehead atoms. The fourth-order valence-electron chi connectivity index (χ4n) is 8.85. The van der Waals surface area contributed by atoms with Crippen LogP contribution in [0.1, 0.15) is 55.2 Å². The van der Waals surface area contributed by atoms with Crippen molar-refractivity contribution < 1.29 is 43.0 Å². The average Bonchev–Trinajstić information content (AvgIpc) is 4.08. The third-order valence-electron chi connectivity index (χ3n) is 12.1. The second-order valence-corrected chi connectivity index (χ2v) is 15.9. The molecule has 0 N–H and O–H groups in total. The highest BCUT2D eigenvalue weighted by Crippen LogP contribution is 2.28. The van der Waals surface area contributed by atoms with Gasteiger partial charge in [-0.3, -0.25) is 28.8 Å². The highest BCUT2D eigenvalue weighted by atomic mass is 16.5. The van der Waals surface area contributed by atoms with Gasteiger partial charge in [0.1, 0.15) is 55.0 Å². The van der Waals surface area contributed by atoms with Crippen molar-refractivity contribution in [1.82, 2.24) is 29.4 Å². The van der Waals surface area contributed by atoms with Gasteiger partial charge in [0.2, 0.25) is 35.4 Å². The van der Waals surface area contributed by atoms with E-state index < -0.39 is 35.8 Å². The first-order valence-electron chi connectivity index (χ1n) is 20.7. The maximum Gasteiger partial charge on any atom is 0.246 e. The monoisotopic (exact) mass is 822 g/mol. The van der Waals surface area contributed by atoms with Gasteiger partial charge in [-0.05, 0) is 91.6 Å². The molecule has 3 atom stereocenters. The summed E-state index contributed by atoms with van der Waals surface area (Å²) in [4.78, 5) is 96.3. The van der Waals surface area contributed by atoms with Crippen molar-refractivity contribution >= 4 is 35.4 Å². The van der Waals surface area contributed by atoms with Gasteiger partial charge >= 0.3 is 0 Å². The first-order valence-corrected chi connectivity index (χ1v) is 20.7. The van der Waals surface area contributed by atoms with Gasteiger partial charge in [-0.15, -0.1) is 0 Å². The van der Waals surface area contributed by atoms with E-state index in [0.29, 0.717) is 75.4 Å². The van der Waals surface area contributed by atoms with E-state index in [-0.39, 0.29) is 57.0 Å². The van der Waals surface area contributed by atoms with Gasteiger partial charge in [0.25, 0.3) is 0 Å². The molecule has 4 saturated heterocycles. The minimum absolute atomic E-state index is 0.0806. The summed E-state index contributed by atoms with van der Waals surface area (Å²) < 4.78 is 16.0. The summed E-state index contributed by atoms with van der Waals surface area (Å²) in [5.41, 5.74) is 2.27. The van der Waals surface area contributed by atoms with Gasteiger partial charge in [0.15, 0.2) is 0 Å². The van der Waals surface area contributed by atoms with Crippen LogP contribution < -0.4 is 14.2 Å². The maximum absolute atomic E-state index is 14.7. The van der Waals surface area contributed by atoms with Crippen LogP contribution in [0, 0.1) is 0 Å². The number of amides is 6. The van der Waals surface area contributed by atoms with Crippen molar-refractivity contribution in [2.45, 2.75) is 76.3 Å². The van der Waals surface area contributed by atoms with Crippen LogP contribution in [0.3, 0.4) is 0 Å². The Bertz CT molecular complexity index is 1810. The number of benzene rings is 3. The lowest BCUT2D eigenvalue weighted by Gasteiger charge is -2.36. The zero-order chi connectivity index (χ0) is 42.3. The van der Waals surface area contributed by atoms with Crippen molar-refractivity contribution in [3.05, 3.63) is 89.5 Å². The molecular formula is C45H54N6O9. The lowest BCUT2D eigenvalue weighted by atomic mass is 10.1. The second-order valence-electron chi connectivity index (χ2n) is 15.9. The third kappa shape index (κ3) is 9.35. The highest BCUT2D eigenvalue weighted by molar-refractivity contribution is 5.96. The molecule has 4 aliphatic rings. The summed E-state index contributed by atoms with van der Waals surface area (Å²) >= 11 is 0. The lowest BCUT2D eigenvalue weighted by molar-refractivity contribution is -0.154. The SMILES string of the molecule is COc1ccc(CN2CC(=O)N3CCC[C@H]3C(=O)N(Cc3ccc(OC)cc3)CC(=O)N3CCC[C@H]3C(=O)N(Cc3ccc(OC)cc3)CC(=O)N3CCC[C@H]3C2=O)cc1. The molecule has 4 fully saturated rings. The minimum atomic E-state index is -0.860. The molecule has 15 nitrogen and oxygen atoms in total. The molecule has 318 valence electrons. The Labute approximate surface area is 350 Å². The lowest BCUT2D eigenvalue weighted by Crippen LogP contribution is -2.56. The number of methoxy groups -OCH3 is 3. The van der Waals surface area contributed by atoms with Crippen LogP contribution in [0.5, 0.6) is 17.2 Å². The molecule has 15 heteroatoms. The van der Waals surface area contributed by atoms with Gasteiger partial charge < -0.3 is 43.6 Å². The smallest absolute Gasteiger partial charge is 0.246 e. The third-order valence-corrected chi connectivity index (χ3v) is 12.1. The number of rotatable bonds is 9. The van der Waals surface area contributed by atoms with E-state index in [2.05, 4.69) is 0 Å². The highest BCUT2D eigenvalue weighted by Gasteiger charge is 2.44. The standard InChI is InChI=1S/C45H54N6O9/c1-58-34-16-10-31(11-17-34)25-46-28-40(52)50-23-5-8-38(50)44(56)48(27-33-14-20-36(60-3)21-15-33)30-42(54)51-24-6-9-39(51)45(57)47(26-32-12-18-35(59-2)19-13-32)29-41(53)49-22-4-7-37(49)43(46)55/h10-21,37-39H,4-9,22-30H2,1-3H3/t37-,38-,39-/m0/s1. The van der Waals surface area contributed by atoms with Gasteiger partial charge in [0.05, 0.1) is 21.3 Å². The zero-order valence-corrected chi connectivity index (χ0v) is 34.6. The Kier molecular flexibility index (Phi) is 13.2. The molecule has 0 unspecified atom stereocenters. The quantitative estimate of drug-likeness (QED) is 0.318. The summed E-state index contributed by atoms with van der Waals surface area (Å²) in [6, 6.07) is 19.0. The van der Waals surface area contributed by atoms with Crippen molar-refractivity contribution in [3.8, 4) is 17.2 Å². The van der Waals surface area contributed by atoms with Gasteiger partial charge in [-0.1, -0.05) is 36.4 Å². The number of carbonyl (C=O) groups excluding carboxylic acids is 6. The van der Waals surface area contributed by atoms with Crippen molar-refractivity contribution in [2.24, 2.45) is 0 Å². The predicted octanol–water partition coefficient (Wildman–Crippen LogP) is 3.09. The Morgan fingerprint density at radius 1 is 0.417 bits per heavy atom. The second kappa shape index (κ2) is 18.9. The Balaban J connectivity index is 1.26. The topological polar surface area (TPSA) is 150 Å². The largest absolute Gasteiger partial charge is 0.497 e. The molecule has 0 spiro atoms. The Morgan fingerprint density at radius 2 is 0.667 bits per heavy atom. The fourth-order valence-corrected chi connectivity index (χ4v) is 8.85. The molecule has 60 heavy (non-hydrogen) atoms. The van der Waals surface area contributed by atoms with Gasteiger partial charge in [0, 0.05) is 39.3 Å². The summed E-state index contributed by atoms with van der Waals surface area (Å²) in [6.45, 7) is 0.221. The molecular weight excluding hydrogens is 769 g/mol. The predicted molar refractivity (Wildman–Crippen MR) is 219 cm³/mol. The van der Waals surface area contributed by atoms with Crippen LogP contribution in [0.2, 0.25) is 0 Å². The number of hydrogen-bond acceptors (Lipinski definition) is 9. The van der Waals surface area contributed by atoms with E-state index in [1.807, 2.05) is 36.4 Å². The van der Waals surface area contributed by atoms with E-state index in [1.54, 1.807) is 57.7 Å². The molecule has 0 saturated carbocycles. The van der Waals surface area contributed by atoms with E-state index in [4.69, 9.17) is 14.2 Å². The fraction of sp³-hybridized carbons (Fsp3) is 0.467. The first-order chi connectivity index (χ1) is 29.1. The van der Waals surface area contributed by atoms with Crippen LogP contribution in [-0.2, 0) is 48.4 Å². The number of fused-ring (bicyclic) bond motifs is 3. The molecule has 3 aromatic carbocycles.